The quantitative estimate of drug-likeness (QED) is 0.107. The van der Waals surface area contributed by atoms with Gasteiger partial charge in [0.1, 0.15) is 0 Å². The van der Waals surface area contributed by atoms with Gasteiger partial charge in [-0.25, -0.2) is 4.98 Å². The molecule has 0 saturated heterocycles. The molecule has 4 heterocycles. The molecule has 0 aliphatic rings. The fourth-order valence-electron chi connectivity index (χ4n) is 9.95. The van der Waals surface area contributed by atoms with E-state index in [2.05, 4.69) is 213 Å². The Hall–Kier alpha value is -5.98. The van der Waals surface area contributed by atoms with Crippen LogP contribution in [0.4, 0.5) is 0 Å². The summed E-state index contributed by atoms with van der Waals surface area (Å²) in [5, 5.41) is 6.09. The predicted molar refractivity (Wildman–Crippen MR) is 286 cm³/mol. The van der Waals surface area contributed by atoms with Crippen molar-refractivity contribution < 1.29 is 24.5 Å². The van der Waals surface area contributed by atoms with E-state index in [1.165, 1.54) is 49.5 Å². The molecule has 0 aliphatic carbocycles. The van der Waals surface area contributed by atoms with E-state index in [0.717, 1.165) is 73.3 Å². The van der Waals surface area contributed by atoms with Crippen molar-refractivity contribution in [2.45, 2.75) is 100 Å². The average Bonchev–Trinajstić information content (AvgIpc) is 3.87. The number of aryl methyl sites for hydroxylation is 3. The van der Waals surface area contributed by atoms with Gasteiger partial charge in [0.15, 0.2) is 0 Å². The molecule has 5 nitrogen and oxygen atoms in total. The van der Waals surface area contributed by atoms with Gasteiger partial charge >= 0.3 is 0 Å². The van der Waals surface area contributed by atoms with Crippen molar-refractivity contribution in [1.82, 2.24) is 19.5 Å². The number of imidazole rings is 1. The van der Waals surface area contributed by atoms with Crippen molar-refractivity contribution in [3.05, 3.63) is 173 Å². The normalized spacial score (nSPS) is 11.9. The third-order valence-corrected chi connectivity index (χ3v) is 15.1. The molecule has 0 amide bonds. The Morgan fingerprint density at radius 3 is 2.10 bits per heavy atom. The maximum Gasteiger partial charge on any atom is 0.216 e. The molecule has 0 bridgehead atoms. The number of para-hydroxylation sites is 2. The van der Waals surface area contributed by atoms with Crippen LogP contribution >= 0.6 is 0 Å². The Morgan fingerprint density at radius 2 is 1.41 bits per heavy atom. The average molecular weight is 1090 g/mol. The van der Waals surface area contributed by atoms with Crippen molar-refractivity contribution in [2.75, 3.05) is 0 Å². The van der Waals surface area contributed by atoms with Crippen LogP contribution in [0.2, 0.25) is 19.6 Å². The van der Waals surface area contributed by atoms with E-state index in [-0.39, 0.29) is 26.0 Å². The van der Waals surface area contributed by atoms with Gasteiger partial charge in [0, 0.05) is 42.9 Å². The van der Waals surface area contributed by atoms with Crippen LogP contribution in [-0.4, -0.2) is 27.6 Å². The second-order valence-electron chi connectivity index (χ2n) is 20.3. The Bertz CT molecular complexity index is 3430. The molecule has 10 aromatic rings. The first-order chi connectivity index (χ1) is 32.1. The number of benzene rings is 6. The summed E-state index contributed by atoms with van der Waals surface area (Å²) in [6.07, 6.45) is 3.24. The molecule has 347 valence electrons. The maximum absolute atomic E-state index is 6.78. The molecule has 0 saturated carbocycles. The van der Waals surface area contributed by atoms with Crippen LogP contribution in [-0.2, 0) is 26.5 Å². The Labute approximate surface area is 417 Å². The second kappa shape index (κ2) is 19.6. The zero-order valence-corrected chi connectivity index (χ0v) is 45.0. The monoisotopic (exact) mass is 1090 g/mol. The summed E-state index contributed by atoms with van der Waals surface area (Å²) in [6, 6.07) is 49.5. The van der Waals surface area contributed by atoms with Crippen LogP contribution in [0.1, 0.15) is 86.8 Å². The summed E-state index contributed by atoms with van der Waals surface area (Å²) >= 11 is 0. The summed E-state index contributed by atoms with van der Waals surface area (Å²) < 4.78 is 9.15. The Morgan fingerprint density at radius 1 is 0.691 bits per heavy atom. The van der Waals surface area contributed by atoms with Crippen molar-refractivity contribution in [2.24, 2.45) is 5.92 Å². The van der Waals surface area contributed by atoms with Gasteiger partial charge in [0.2, 0.25) is 5.71 Å². The summed E-state index contributed by atoms with van der Waals surface area (Å²) in [4.78, 5) is 15.1. The Kier molecular flexibility index (Phi) is 13.9. The third kappa shape index (κ3) is 9.17. The van der Waals surface area contributed by atoms with E-state index in [1.807, 2.05) is 18.2 Å². The summed E-state index contributed by atoms with van der Waals surface area (Å²) in [6.45, 7) is 27.3. The fraction of sp³-hybridized carbons (Fsp3) is 0.262. The van der Waals surface area contributed by atoms with Crippen molar-refractivity contribution in [3.8, 4) is 39.6 Å². The number of nitrogens with zero attached hydrogens (tertiary/aromatic N) is 4. The van der Waals surface area contributed by atoms with Gasteiger partial charge in [0.05, 0.1) is 36.2 Å². The maximum atomic E-state index is 6.78. The summed E-state index contributed by atoms with van der Waals surface area (Å²) in [5.74, 6) is 2.06. The molecule has 7 heteroatoms. The standard InChI is InChI=1S/C43H38N3O.C18H24NSi.Ir/c1-24(2)33-23-29-15-8-9-16-30(29)37(25(3)4)40(33)46-36-18-11-10-17-34(36)44-42(46)32-20-19-28(7)39-31-21-22-35(45-43(31)47-41(32)39)38-26(5)13-12-14-27(38)6;1-14(2)11-16-12-17(15-9-7-6-8-10-15)19-13-18(16)20(3,4)5;/h8-19,21-25H,1-7H3;6-9,12-14H,11H2,1-5H3;/q2*-1;. The van der Waals surface area contributed by atoms with Gasteiger partial charge in [-0.05, 0) is 112 Å². The van der Waals surface area contributed by atoms with E-state index in [9.17, 15) is 0 Å². The van der Waals surface area contributed by atoms with Gasteiger partial charge in [0.25, 0.3) is 0 Å². The van der Waals surface area contributed by atoms with Crippen molar-refractivity contribution >= 4 is 57.1 Å². The van der Waals surface area contributed by atoms with Gasteiger partial charge in [-0.15, -0.1) is 53.6 Å². The molecule has 0 spiro atoms. The summed E-state index contributed by atoms with van der Waals surface area (Å²) in [7, 11) is -1.34. The summed E-state index contributed by atoms with van der Waals surface area (Å²) in [5.41, 5.74) is 17.2. The van der Waals surface area contributed by atoms with Gasteiger partial charge in [-0.3, -0.25) is 4.98 Å². The smallest absolute Gasteiger partial charge is 0.216 e. The number of fused-ring (bicyclic) bond motifs is 5. The first-order valence-electron chi connectivity index (χ1n) is 23.9. The first-order valence-corrected chi connectivity index (χ1v) is 27.4. The van der Waals surface area contributed by atoms with Crippen LogP contribution in [0.3, 0.4) is 0 Å². The number of rotatable bonds is 9. The minimum absolute atomic E-state index is 0. The molecular weight excluding hydrogens is 1030 g/mol. The zero-order valence-electron chi connectivity index (χ0n) is 41.6. The molecule has 0 atom stereocenters. The van der Waals surface area contributed by atoms with Crippen molar-refractivity contribution in [1.29, 1.82) is 0 Å². The van der Waals surface area contributed by atoms with Crippen molar-refractivity contribution in [3.63, 3.8) is 0 Å². The topological polar surface area (TPSA) is 56.7 Å². The molecule has 68 heavy (non-hydrogen) atoms. The van der Waals surface area contributed by atoms with Crippen LogP contribution in [0, 0.1) is 38.8 Å². The van der Waals surface area contributed by atoms with E-state index in [1.54, 1.807) is 0 Å². The Balaban J connectivity index is 0.000000251. The van der Waals surface area contributed by atoms with Crippen LogP contribution in [0.25, 0.3) is 83.5 Å². The molecule has 0 aliphatic heterocycles. The molecule has 0 fully saturated rings. The van der Waals surface area contributed by atoms with Gasteiger partial charge in [-0.2, -0.15) is 0 Å². The third-order valence-electron chi connectivity index (χ3n) is 13.1. The molecule has 10 rings (SSSR count). The number of pyridine rings is 2. The number of hydrogen-bond acceptors (Lipinski definition) is 4. The molecule has 6 aromatic carbocycles. The van der Waals surface area contributed by atoms with Crippen LogP contribution in [0.15, 0.2) is 132 Å². The van der Waals surface area contributed by atoms with E-state index in [0.29, 0.717) is 17.5 Å². The van der Waals surface area contributed by atoms with E-state index < -0.39 is 8.07 Å². The molecule has 0 unspecified atom stereocenters. The number of hydrogen-bond donors (Lipinski definition) is 0. The minimum Gasteiger partial charge on any atom is -0.486 e. The fourth-order valence-corrected chi connectivity index (χ4v) is 11.5. The van der Waals surface area contributed by atoms with Crippen LogP contribution in [0.5, 0.6) is 0 Å². The minimum atomic E-state index is -1.34. The SMILES string of the molecule is CC(C)Cc1cc(-c2[c-]cccc2)ncc1[Si](C)(C)C.Cc1cccc(C)c1-c1ccc2c(n1)oc1c(-c3nc4ccccc4n3-c3c(C(C)C)cc4ccccc4c3C(C)C)[c-]cc(C)c12.[Ir]. The molecule has 1 radical (unpaired) electrons. The van der Waals surface area contributed by atoms with Gasteiger partial charge < -0.3 is 14.0 Å². The molecule has 4 aromatic heterocycles. The molecule has 0 N–H and O–H groups in total. The van der Waals surface area contributed by atoms with E-state index >= 15 is 0 Å². The number of aromatic nitrogens is 4. The second-order valence-corrected chi connectivity index (χ2v) is 25.4. The zero-order chi connectivity index (χ0) is 47.3. The first kappa shape index (κ1) is 48.5. The largest absolute Gasteiger partial charge is 0.486 e. The van der Waals surface area contributed by atoms with E-state index in [4.69, 9.17) is 14.4 Å². The van der Waals surface area contributed by atoms with Crippen LogP contribution < -0.4 is 5.19 Å². The molecular formula is C61H62IrN4OSi-2. The van der Waals surface area contributed by atoms with Gasteiger partial charge in [-0.1, -0.05) is 145 Å². The predicted octanol–water partition coefficient (Wildman–Crippen LogP) is 16.1. The number of furan rings is 1.